The Hall–Kier alpha value is -2.50. The molecule has 3 atom stereocenters. The molecule has 2 bridgehead atoms. The first-order valence-corrected chi connectivity index (χ1v) is 10.0. The zero-order valence-corrected chi connectivity index (χ0v) is 16.6. The fraction of sp³-hybridized carbons (Fsp3) is 0.545. The topological polar surface area (TPSA) is 69.0 Å². The molecule has 28 heavy (non-hydrogen) atoms. The highest BCUT2D eigenvalue weighted by atomic mass is 16.6. The number of hydrogen-bond donors (Lipinski definition) is 0. The summed E-state index contributed by atoms with van der Waals surface area (Å²) >= 11 is 0. The van der Waals surface area contributed by atoms with Crippen LogP contribution in [0.1, 0.15) is 52.9 Å². The number of fused-ring (bicyclic) bond motifs is 3. The lowest BCUT2D eigenvalue weighted by molar-refractivity contribution is -0.0405. The first-order chi connectivity index (χ1) is 13.3. The van der Waals surface area contributed by atoms with E-state index in [0.717, 1.165) is 37.5 Å². The molecule has 0 aliphatic carbocycles. The maximum absolute atomic E-state index is 12.7. The van der Waals surface area contributed by atoms with Crippen molar-refractivity contribution >= 4 is 17.1 Å². The summed E-state index contributed by atoms with van der Waals surface area (Å²) in [6, 6.07) is 9.01. The van der Waals surface area contributed by atoms with E-state index in [1.165, 1.54) is 6.07 Å². The van der Waals surface area contributed by atoms with Crippen molar-refractivity contribution in [3.8, 4) is 5.75 Å². The van der Waals surface area contributed by atoms with E-state index in [9.17, 15) is 9.59 Å². The molecule has 4 rings (SSSR count). The molecule has 2 aromatic rings. The van der Waals surface area contributed by atoms with Gasteiger partial charge < -0.3 is 18.8 Å². The van der Waals surface area contributed by atoms with Gasteiger partial charge in [0.2, 0.25) is 0 Å². The standard InChI is InChI=1S/C22H27NO5/c1-22(2,3)28-21(25)23-15-5-4-6-16(23)12-18(11-15)26-17-9-7-14-8-10-20(24)27-19(14)13-17/h7-10,13,15-16,18H,4-6,11-12H2,1-3H3/t15-,16+,18?. The summed E-state index contributed by atoms with van der Waals surface area (Å²) in [5.41, 5.74) is -0.338. The quantitative estimate of drug-likeness (QED) is 0.712. The smallest absolute Gasteiger partial charge is 0.410 e. The number of piperidine rings is 2. The predicted molar refractivity (Wildman–Crippen MR) is 106 cm³/mol. The number of carbonyl (C=O) groups excluding carboxylic acids is 1. The van der Waals surface area contributed by atoms with Gasteiger partial charge in [-0.25, -0.2) is 9.59 Å². The monoisotopic (exact) mass is 385 g/mol. The van der Waals surface area contributed by atoms with Crippen LogP contribution in [-0.4, -0.2) is 34.8 Å². The Labute approximate surface area is 164 Å². The molecule has 1 unspecified atom stereocenters. The zero-order chi connectivity index (χ0) is 19.9. The highest BCUT2D eigenvalue weighted by molar-refractivity contribution is 5.77. The van der Waals surface area contributed by atoms with E-state index in [-0.39, 0.29) is 29.9 Å². The number of nitrogens with zero attached hydrogens (tertiary/aromatic N) is 1. The molecule has 1 amide bonds. The molecule has 0 spiro atoms. The van der Waals surface area contributed by atoms with Crippen molar-refractivity contribution in [1.82, 2.24) is 4.90 Å². The summed E-state index contributed by atoms with van der Waals surface area (Å²) in [5, 5.41) is 0.864. The van der Waals surface area contributed by atoms with Gasteiger partial charge in [0.25, 0.3) is 0 Å². The van der Waals surface area contributed by atoms with Gasteiger partial charge in [0.15, 0.2) is 0 Å². The maximum atomic E-state index is 12.7. The van der Waals surface area contributed by atoms with Gasteiger partial charge in [-0.05, 0) is 58.2 Å². The Morgan fingerprint density at radius 3 is 2.46 bits per heavy atom. The minimum Gasteiger partial charge on any atom is -0.490 e. The van der Waals surface area contributed by atoms with Crippen molar-refractivity contribution in [2.24, 2.45) is 0 Å². The fourth-order valence-corrected chi connectivity index (χ4v) is 4.35. The normalized spacial score (nSPS) is 24.8. The molecule has 6 nitrogen and oxygen atoms in total. The summed E-state index contributed by atoms with van der Waals surface area (Å²) in [6.07, 6.45) is 4.46. The van der Waals surface area contributed by atoms with Crippen molar-refractivity contribution in [2.75, 3.05) is 0 Å². The van der Waals surface area contributed by atoms with Crippen molar-refractivity contribution in [3.05, 3.63) is 40.8 Å². The second kappa shape index (κ2) is 7.15. The third-order valence-corrected chi connectivity index (χ3v) is 5.43. The van der Waals surface area contributed by atoms with E-state index in [4.69, 9.17) is 13.9 Å². The van der Waals surface area contributed by atoms with Gasteiger partial charge in [-0.1, -0.05) is 0 Å². The van der Waals surface area contributed by atoms with E-state index < -0.39 is 5.60 Å². The predicted octanol–water partition coefficient (Wildman–Crippen LogP) is 4.49. The first kappa shape index (κ1) is 18.8. The summed E-state index contributed by atoms with van der Waals surface area (Å²) in [4.78, 5) is 26.1. The van der Waals surface area contributed by atoms with E-state index in [1.807, 2.05) is 37.8 Å². The number of carbonyl (C=O) groups is 1. The minimum atomic E-state index is -0.492. The first-order valence-electron chi connectivity index (χ1n) is 10.0. The lowest BCUT2D eigenvalue weighted by Gasteiger charge is -2.48. The van der Waals surface area contributed by atoms with Crippen molar-refractivity contribution < 1.29 is 18.7 Å². The SMILES string of the molecule is CC(C)(C)OC(=O)N1[C@@H]2CCC[C@H]1CC(Oc1ccc3ccc(=O)oc3c1)C2. The van der Waals surface area contributed by atoms with Crippen LogP contribution >= 0.6 is 0 Å². The zero-order valence-electron chi connectivity index (χ0n) is 16.6. The molecule has 2 saturated heterocycles. The van der Waals surface area contributed by atoms with Crippen molar-refractivity contribution in [1.29, 1.82) is 0 Å². The van der Waals surface area contributed by atoms with Crippen LogP contribution < -0.4 is 10.4 Å². The van der Waals surface area contributed by atoms with Gasteiger partial charge >= 0.3 is 11.7 Å². The Kier molecular flexibility index (Phi) is 4.81. The molecule has 2 aliphatic rings. The molecule has 0 saturated carbocycles. The average Bonchev–Trinajstić information content (AvgIpc) is 2.59. The lowest BCUT2D eigenvalue weighted by atomic mass is 9.83. The molecular weight excluding hydrogens is 358 g/mol. The van der Waals surface area contributed by atoms with Crippen LogP contribution in [0.15, 0.2) is 39.5 Å². The highest BCUT2D eigenvalue weighted by Crippen LogP contribution is 2.37. The maximum Gasteiger partial charge on any atom is 0.410 e. The lowest BCUT2D eigenvalue weighted by Crippen LogP contribution is -2.57. The van der Waals surface area contributed by atoms with Crippen LogP contribution in [0.3, 0.4) is 0 Å². The largest absolute Gasteiger partial charge is 0.490 e. The Bertz CT molecular complexity index is 914. The van der Waals surface area contributed by atoms with Crippen LogP contribution in [0.5, 0.6) is 5.75 Å². The van der Waals surface area contributed by atoms with Gasteiger partial charge in [-0.15, -0.1) is 0 Å². The summed E-state index contributed by atoms with van der Waals surface area (Å²) in [6.45, 7) is 5.69. The molecule has 2 aliphatic heterocycles. The van der Waals surface area contributed by atoms with Crippen LogP contribution in [0.25, 0.3) is 11.0 Å². The van der Waals surface area contributed by atoms with Crippen molar-refractivity contribution in [3.63, 3.8) is 0 Å². The molecule has 0 N–H and O–H groups in total. The number of amides is 1. The molecule has 150 valence electrons. The van der Waals surface area contributed by atoms with Crippen LogP contribution in [-0.2, 0) is 4.74 Å². The van der Waals surface area contributed by atoms with Crippen LogP contribution in [0.4, 0.5) is 4.79 Å². The molecule has 0 radical (unpaired) electrons. The van der Waals surface area contributed by atoms with Gasteiger partial charge in [-0.2, -0.15) is 0 Å². The second-order valence-corrected chi connectivity index (χ2v) is 8.79. The third-order valence-electron chi connectivity index (χ3n) is 5.43. The van der Waals surface area contributed by atoms with E-state index in [0.29, 0.717) is 11.3 Å². The Balaban J connectivity index is 1.48. The van der Waals surface area contributed by atoms with Crippen molar-refractivity contribution in [2.45, 2.75) is 76.7 Å². The molecule has 3 heterocycles. The highest BCUT2D eigenvalue weighted by Gasteiger charge is 2.43. The Morgan fingerprint density at radius 2 is 1.79 bits per heavy atom. The van der Waals surface area contributed by atoms with Gasteiger partial charge in [-0.3, -0.25) is 0 Å². The van der Waals surface area contributed by atoms with E-state index in [2.05, 4.69) is 0 Å². The molecule has 6 heteroatoms. The van der Waals surface area contributed by atoms with Gasteiger partial charge in [0.1, 0.15) is 23.0 Å². The van der Waals surface area contributed by atoms with E-state index in [1.54, 1.807) is 12.1 Å². The summed E-state index contributed by atoms with van der Waals surface area (Å²) in [7, 11) is 0. The molecular formula is C22H27NO5. The molecule has 1 aromatic heterocycles. The fourth-order valence-electron chi connectivity index (χ4n) is 4.35. The average molecular weight is 385 g/mol. The van der Waals surface area contributed by atoms with Gasteiger partial charge in [0.05, 0.1) is 0 Å². The number of ether oxygens (including phenoxy) is 2. The Morgan fingerprint density at radius 1 is 1.11 bits per heavy atom. The summed E-state index contributed by atoms with van der Waals surface area (Å²) < 4.78 is 17.1. The summed E-state index contributed by atoms with van der Waals surface area (Å²) in [5.74, 6) is 0.690. The molecule has 1 aromatic carbocycles. The molecule has 2 fully saturated rings. The number of hydrogen-bond acceptors (Lipinski definition) is 5. The number of benzene rings is 1. The van der Waals surface area contributed by atoms with Crippen LogP contribution in [0.2, 0.25) is 0 Å². The van der Waals surface area contributed by atoms with Gasteiger partial charge in [0, 0.05) is 42.4 Å². The second-order valence-electron chi connectivity index (χ2n) is 8.79. The third kappa shape index (κ3) is 4.01. The number of rotatable bonds is 2. The van der Waals surface area contributed by atoms with E-state index >= 15 is 0 Å². The van der Waals surface area contributed by atoms with Crippen LogP contribution in [0, 0.1) is 0 Å². The minimum absolute atomic E-state index is 0.0295.